The Balaban J connectivity index is 1.50. The molecule has 0 atom stereocenters. The summed E-state index contributed by atoms with van der Waals surface area (Å²) in [6, 6.07) is 13.7. The molecule has 0 bridgehead atoms. The van der Waals surface area contributed by atoms with Crippen molar-refractivity contribution in [2.75, 3.05) is 7.11 Å². The summed E-state index contributed by atoms with van der Waals surface area (Å²) in [7, 11) is 1.65. The fourth-order valence-corrected chi connectivity index (χ4v) is 3.71. The zero-order chi connectivity index (χ0) is 21.5. The highest BCUT2D eigenvalue weighted by molar-refractivity contribution is 5.95. The third kappa shape index (κ3) is 2.95. The van der Waals surface area contributed by atoms with Crippen LogP contribution in [0.3, 0.4) is 0 Å². The Morgan fingerprint density at radius 3 is 2.72 bits per heavy atom. The van der Waals surface area contributed by atoms with E-state index in [2.05, 4.69) is 30.1 Å². The Morgan fingerprint density at radius 2 is 1.84 bits per heavy atom. The summed E-state index contributed by atoms with van der Waals surface area (Å²) in [6.07, 6.45) is 6.70. The molecule has 0 aliphatic carbocycles. The van der Waals surface area contributed by atoms with Gasteiger partial charge >= 0.3 is 0 Å². The fraction of sp³-hybridized carbons (Fsp3) is 0.0435. The lowest BCUT2D eigenvalue weighted by Crippen LogP contribution is -1.88. The van der Waals surface area contributed by atoms with E-state index in [0.717, 1.165) is 39.2 Å². The van der Waals surface area contributed by atoms with Gasteiger partial charge in [-0.1, -0.05) is 12.1 Å². The van der Waals surface area contributed by atoms with Crippen LogP contribution in [-0.2, 0) is 0 Å². The monoisotopic (exact) mass is 420 g/mol. The van der Waals surface area contributed by atoms with Crippen molar-refractivity contribution in [1.82, 2.24) is 40.1 Å². The van der Waals surface area contributed by atoms with Crippen molar-refractivity contribution < 1.29 is 4.74 Å². The van der Waals surface area contributed by atoms with Gasteiger partial charge in [0.1, 0.15) is 17.6 Å². The summed E-state index contributed by atoms with van der Waals surface area (Å²) in [4.78, 5) is 25.5. The number of aromatic nitrogens is 8. The molecule has 0 aliphatic heterocycles. The van der Waals surface area contributed by atoms with Gasteiger partial charge in [-0.15, -0.1) is 0 Å². The van der Waals surface area contributed by atoms with E-state index in [-0.39, 0.29) is 0 Å². The molecule has 0 saturated carbocycles. The van der Waals surface area contributed by atoms with Crippen molar-refractivity contribution in [2.45, 2.75) is 0 Å². The molecular formula is C23H16N8O. The van der Waals surface area contributed by atoms with Crippen molar-refractivity contribution in [1.29, 1.82) is 0 Å². The van der Waals surface area contributed by atoms with Crippen LogP contribution in [0.5, 0.6) is 5.75 Å². The molecule has 6 aromatic rings. The highest BCUT2D eigenvalue weighted by atomic mass is 16.5. The van der Waals surface area contributed by atoms with E-state index in [0.29, 0.717) is 22.7 Å². The molecular weight excluding hydrogens is 404 g/mol. The predicted octanol–water partition coefficient (Wildman–Crippen LogP) is 4.03. The smallest absolute Gasteiger partial charge is 0.178 e. The van der Waals surface area contributed by atoms with Crippen molar-refractivity contribution in [3.63, 3.8) is 0 Å². The van der Waals surface area contributed by atoms with Crippen LogP contribution < -0.4 is 4.74 Å². The number of imidazole rings is 1. The summed E-state index contributed by atoms with van der Waals surface area (Å²) >= 11 is 0. The van der Waals surface area contributed by atoms with E-state index < -0.39 is 0 Å². The first-order valence-corrected chi connectivity index (χ1v) is 9.90. The minimum Gasteiger partial charge on any atom is -0.497 e. The standard InChI is InChI=1S/C23H16N8O/c1-32-15-4-2-3-13(9-15)16-7-8-26-22-19(16)28-23(29-22)21-20-18(30-31-21)6-5-17(27-20)14-10-24-12-25-11-14/h2-12H,1H3,(H,30,31)(H,26,28,29). The Bertz CT molecular complexity index is 1570. The number of rotatable bonds is 4. The van der Waals surface area contributed by atoms with E-state index in [4.69, 9.17) is 14.7 Å². The highest BCUT2D eigenvalue weighted by Crippen LogP contribution is 2.32. The molecule has 0 aliphatic rings. The van der Waals surface area contributed by atoms with Gasteiger partial charge in [0.05, 0.1) is 23.8 Å². The Kier molecular flexibility index (Phi) is 4.10. The van der Waals surface area contributed by atoms with Crippen LogP contribution in [0.2, 0.25) is 0 Å². The molecule has 0 saturated heterocycles. The van der Waals surface area contributed by atoms with Crippen molar-refractivity contribution >= 4 is 22.2 Å². The summed E-state index contributed by atoms with van der Waals surface area (Å²) in [5, 5.41) is 7.50. The first kappa shape index (κ1) is 18.1. The maximum Gasteiger partial charge on any atom is 0.178 e. The number of hydrogen-bond donors (Lipinski definition) is 2. The normalized spacial score (nSPS) is 11.3. The largest absolute Gasteiger partial charge is 0.497 e. The molecule has 1 aromatic carbocycles. The van der Waals surface area contributed by atoms with Gasteiger partial charge in [-0.2, -0.15) is 5.10 Å². The Hall–Kier alpha value is -4.66. The van der Waals surface area contributed by atoms with Crippen LogP contribution >= 0.6 is 0 Å². The number of hydrogen-bond acceptors (Lipinski definition) is 7. The molecule has 6 rings (SSSR count). The fourth-order valence-electron chi connectivity index (χ4n) is 3.71. The molecule has 32 heavy (non-hydrogen) atoms. The highest BCUT2D eigenvalue weighted by Gasteiger charge is 2.17. The molecule has 0 fully saturated rings. The minimum absolute atomic E-state index is 0.586. The zero-order valence-corrected chi connectivity index (χ0v) is 16.9. The van der Waals surface area contributed by atoms with Crippen LogP contribution in [0.1, 0.15) is 0 Å². The molecule has 0 unspecified atom stereocenters. The molecule has 9 nitrogen and oxygen atoms in total. The quantitative estimate of drug-likeness (QED) is 0.442. The second kappa shape index (κ2) is 7.24. The summed E-state index contributed by atoms with van der Waals surface area (Å²) in [6.45, 7) is 0. The lowest BCUT2D eigenvalue weighted by atomic mass is 10.1. The van der Waals surface area contributed by atoms with Crippen molar-refractivity contribution in [3.05, 3.63) is 67.4 Å². The number of ether oxygens (including phenoxy) is 1. The van der Waals surface area contributed by atoms with E-state index in [1.54, 1.807) is 25.7 Å². The summed E-state index contributed by atoms with van der Waals surface area (Å²) in [5.41, 5.74) is 7.11. The van der Waals surface area contributed by atoms with Crippen LogP contribution in [0.15, 0.2) is 67.4 Å². The van der Waals surface area contributed by atoms with E-state index in [1.165, 1.54) is 6.33 Å². The molecule has 2 N–H and O–H groups in total. The number of nitrogens with zero attached hydrogens (tertiary/aromatic N) is 6. The SMILES string of the molecule is COc1cccc(-c2ccnc3nc(-c4n[nH]c5ccc(-c6cncnc6)nc45)[nH]c23)c1. The summed E-state index contributed by atoms with van der Waals surface area (Å²) < 4.78 is 5.38. The molecule has 5 heterocycles. The van der Waals surface area contributed by atoms with Gasteiger partial charge in [-0.05, 0) is 35.9 Å². The van der Waals surface area contributed by atoms with Gasteiger partial charge in [0.15, 0.2) is 17.2 Å². The molecule has 154 valence electrons. The van der Waals surface area contributed by atoms with Crippen LogP contribution in [0.25, 0.3) is 56.1 Å². The first-order chi connectivity index (χ1) is 15.8. The van der Waals surface area contributed by atoms with Gasteiger partial charge in [0.2, 0.25) is 0 Å². The van der Waals surface area contributed by atoms with E-state index >= 15 is 0 Å². The number of fused-ring (bicyclic) bond motifs is 2. The average molecular weight is 420 g/mol. The van der Waals surface area contributed by atoms with Crippen molar-refractivity contribution in [3.8, 4) is 39.7 Å². The maximum atomic E-state index is 5.38. The number of aromatic amines is 2. The molecule has 0 radical (unpaired) electrons. The molecule has 0 amide bonds. The Morgan fingerprint density at radius 1 is 0.938 bits per heavy atom. The van der Waals surface area contributed by atoms with Crippen LogP contribution in [0.4, 0.5) is 0 Å². The average Bonchev–Trinajstić information content (AvgIpc) is 3.48. The molecule has 5 aromatic heterocycles. The third-order valence-corrected chi connectivity index (χ3v) is 5.26. The third-order valence-electron chi connectivity index (χ3n) is 5.26. The second-order valence-corrected chi connectivity index (χ2v) is 7.17. The zero-order valence-electron chi connectivity index (χ0n) is 16.9. The van der Waals surface area contributed by atoms with E-state index in [9.17, 15) is 0 Å². The van der Waals surface area contributed by atoms with Gasteiger partial charge in [0.25, 0.3) is 0 Å². The summed E-state index contributed by atoms with van der Waals surface area (Å²) in [5.74, 6) is 1.37. The van der Waals surface area contributed by atoms with Crippen LogP contribution in [-0.4, -0.2) is 47.2 Å². The number of benzene rings is 1. The number of H-pyrrole nitrogens is 2. The van der Waals surface area contributed by atoms with Gasteiger partial charge in [-0.3, -0.25) is 5.10 Å². The predicted molar refractivity (Wildman–Crippen MR) is 120 cm³/mol. The second-order valence-electron chi connectivity index (χ2n) is 7.17. The lowest BCUT2D eigenvalue weighted by molar-refractivity contribution is 0.415. The minimum atomic E-state index is 0.586. The van der Waals surface area contributed by atoms with Gasteiger partial charge < -0.3 is 9.72 Å². The number of pyridine rings is 2. The maximum absolute atomic E-state index is 5.38. The number of methoxy groups -OCH3 is 1. The van der Waals surface area contributed by atoms with Gasteiger partial charge in [0, 0.05) is 29.7 Å². The number of nitrogens with one attached hydrogen (secondary N) is 2. The van der Waals surface area contributed by atoms with Crippen molar-refractivity contribution in [2.24, 2.45) is 0 Å². The van der Waals surface area contributed by atoms with Crippen LogP contribution in [0, 0.1) is 0 Å². The first-order valence-electron chi connectivity index (χ1n) is 9.90. The molecule has 9 heteroatoms. The lowest BCUT2D eigenvalue weighted by Gasteiger charge is -2.05. The van der Waals surface area contributed by atoms with E-state index in [1.807, 2.05) is 42.5 Å². The topological polar surface area (TPSA) is 118 Å². The van der Waals surface area contributed by atoms with Gasteiger partial charge in [-0.25, -0.2) is 24.9 Å². The molecule has 0 spiro atoms. The Labute approximate surface area is 181 Å².